The van der Waals surface area contributed by atoms with Crippen molar-refractivity contribution >= 4 is 34.3 Å². The summed E-state index contributed by atoms with van der Waals surface area (Å²) >= 11 is 0. The number of carbonyl (C=O) groups is 3. The first-order valence-corrected chi connectivity index (χ1v) is 9.76. The molecule has 2 aromatic rings. The van der Waals surface area contributed by atoms with Gasteiger partial charge in [0.05, 0.1) is 21.3 Å². The topological polar surface area (TPSA) is 102 Å². The van der Waals surface area contributed by atoms with Crippen molar-refractivity contribution in [2.45, 2.75) is 11.8 Å². The predicted octanol–water partition coefficient (Wildman–Crippen LogP) is 1.97. The minimum Gasteiger partial charge on any atom is -0.452 e. The van der Waals surface area contributed by atoms with Crippen molar-refractivity contribution in [2.24, 2.45) is 0 Å². The Hall–Kier alpha value is -3.00. The second-order valence-electron chi connectivity index (χ2n) is 5.51. The first-order chi connectivity index (χ1) is 12.9. The minimum atomic E-state index is -1.36. The van der Waals surface area contributed by atoms with Crippen LogP contribution in [-0.2, 0) is 20.3 Å². The maximum absolute atomic E-state index is 12.2. The Balaban J connectivity index is 1.97. The third-order valence-corrected chi connectivity index (χ3v) is 4.47. The Kier molecular flexibility index (Phi) is 7.25. The van der Waals surface area contributed by atoms with Gasteiger partial charge in [-0.2, -0.15) is 0 Å². The molecule has 0 radical (unpaired) electrons. The summed E-state index contributed by atoms with van der Waals surface area (Å²) in [5.41, 5.74) is 0.977. The molecule has 7 nitrogen and oxygen atoms in total. The number of anilines is 1. The molecular formula is C19H20N2O5S. The molecule has 0 heterocycles. The number of benzene rings is 2. The predicted molar refractivity (Wildman–Crippen MR) is 102 cm³/mol. The Morgan fingerprint density at radius 2 is 1.81 bits per heavy atom. The molecular weight excluding hydrogens is 368 g/mol. The normalized spacial score (nSPS) is 11.3. The van der Waals surface area contributed by atoms with Crippen molar-refractivity contribution in [3.05, 3.63) is 59.7 Å². The number of nitrogens with one attached hydrogen (secondary N) is 2. The summed E-state index contributed by atoms with van der Waals surface area (Å²) in [6.45, 7) is 1.80. The molecule has 0 saturated heterocycles. The van der Waals surface area contributed by atoms with E-state index >= 15 is 0 Å². The molecule has 2 amide bonds. The maximum atomic E-state index is 12.2. The molecule has 0 saturated carbocycles. The van der Waals surface area contributed by atoms with Crippen molar-refractivity contribution in [3.63, 3.8) is 0 Å². The van der Waals surface area contributed by atoms with Gasteiger partial charge in [0.15, 0.2) is 6.61 Å². The molecule has 1 atom stereocenters. The van der Waals surface area contributed by atoms with Crippen molar-refractivity contribution in [1.82, 2.24) is 5.32 Å². The van der Waals surface area contributed by atoms with Crippen LogP contribution in [-0.4, -0.2) is 41.4 Å². The molecule has 0 aliphatic carbocycles. The van der Waals surface area contributed by atoms with Crippen LogP contribution < -0.4 is 10.6 Å². The lowest BCUT2D eigenvalue weighted by Crippen LogP contribution is -2.23. The van der Waals surface area contributed by atoms with Gasteiger partial charge in [-0.05, 0) is 37.3 Å². The van der Waals surface area contributed by atoms with Crippen molar-refractivity contribution < 1.29 is 23.3 Å². The van der Waals surface area contributed by atoms with E-state index in [2.05, 4.69) is 10.6 Å². The van der Waals surface area contributed by atoms with Crippen molar-refractivity contribution in [1.29, 1.82) is 0 Å². The first kappa shape index (κ1) is 20.3. The van der Waals surface area contributed by atoms with E-state index < -0.39 is 29.3 Å². The third-order valence-electron chi connectivity index (χ3n) is 3.50. The standard InChI is InChI=1S/C19H20N2O5S/c1-3-20-18(23)13-7-6-8-14(11-13)21-17(22)12-26-19(24)15-9-4-5-10-16(15)27(2)25/h4-11H,3,12H2,1-2H3,(H,20,23)(H,21,22)/t27-/m0/s1. The van der Waals surface area contributed by atoms with E-state index in [-0.39, 0.29) is 11.5 Å². The van der Waals surface area contributed by atoms with Crippen LogP contribution in [0.5, 0.6) is 0 Å². The molecule has 0 spiro atoms. The summed E-state index contributed by atoms with van der Waals surface area (Å²) in [5.74, 6) is -1.53. The molecule has 0 aliphatic rings. The van der Waals surface area contributed by atoms with E-state index in [1.54, 1.807) is 36.4 Å². The van der Waals surface area contributed by atoms with Gasteiger partial charge in [0.1, 0.15) is 0 Å². The molecule has 2 rings (SSSR count). The quantitative estimate of drug-likeness (QED) is 0.706. The van der Waals surface area contributed by atoms with Gasteiger partial charge < -0.3 is 15.4 Å². The minimum absolute atomic E-state index is 0.157. The lowest BCUT2D eigenvalue weighted by molar-refractivity contribution is -0.119. The number of ether oxygens (including phenoxy) is 1. The summed E-state index contributed by atoms with van der Waals surface area (Å²) in [6.07, 6.45) is 1.46. The zero-order valence-corrected chi connectivity index (χ0v) is 15.8. The molecule has 0 aromatic heterocycles. The summed E-state index contributed by atoms with van der Waals surface area (Å²) in [5, 5.41) is 5.24. The van der Waals surface area contributed by atoms with Gasteiger partial charge in [-0.3, -0.25) is 13.8 Å². The fraction of sp³-hybridized carbons (Fsp3) is 0.211. The molecule has 27 heavy (non-hydrogen) atoms. The van der Waals surface area contributed by atoms with Crippen LogP contribution in [0.4, 0.5) is 5.69 Å². The highest BCUT2D eigenvalue weighted by atomic mass is 32.2. The molecule has 0 fully saturated rings. The smallest absolute Gasteiger partial charge is 0.339 e. The zero-order valence-electron chi connectivity index (χ0n) is 15.0. The number of amides is 2. The molecule has 8 heteroatoms. The van der Waals surface area contributed by atoms with Crippen LogP contribution in [0.15, 0.2) is 53.4 Å². The monoisotopic (exact) mass is 388 g/mol. The van der Waals surface area contributed by atoms with Crippen molar-refractivity contribution in [2.75, 3.05) is 24.7 Å². The van der Waals surface area contributed by atoms with Gasteiger partial charge in [0.25, 0.3) is 11.8 Å². The van der Waals surface area contributed by atoms with Gasteiger partial charge >= 0.3 is 5.97 Å². The lowest BCUT2D eigenvalue weighted by Gasteiger charge is -2.09. The molecule has 0 bridgehead atoms. The van der Waals surface area contributed by atoms with E-state index in [9.17, 15) is 18.6 Å². The van der Waals surface area contributed by atoms with E-state index in [0.717, 1.165) is 0 Å². The molecule has 2 aromatic carbocycles. The highest BCUT2D eigenvalue weighted by Gasteiger charge is 2.16. The SMILES string of the molecule is CCNC(=O)c1cccc(NC(=O)COC(=O)c2ccccc2[S@](C)=O)c1. The lowest BCUT2D eigenvalue weighted by atomic mass is 10.2. The van der Waals surface area contributed by atoms with E-state index in [1.165, 1.54) is 18.4 Å². The molecule has 0 unspecified atom stereocenters. The van der Waals surface area contributed by atoms with Gasteiger partial charge in [0, 0.05) is 24.1 Å². The van der Waals surface area contributed by atoms with E-state index in [4.69, 9.17) is 4.74 Å². The number of carbonyl (C=O) groups excluding carboxylic acids is 3. The van der Waals surface area contributed by atoms with Gasteiger partial charge in [-0.15, -0.1) is 0 Å². The average Bonchev–Trinajstić information content (AvgIpc) is 2.66. The summed E-state index contributed by atoms with van der Waals surface area (Å²) in [7, 11) is -1.36. The Morgan fingerprint density at radius 1 is 1.07 bits per heavy atom. The number of hydrogen-bond acceptors (Lipinski definition) is 5. The summed E-state index contributed by atoms with van der Waals surface area (Å²) in [4.78, 5) is 36.3. The molecule has 142 valence electrons. The number of hydrogen-bond donors (Lipinski definition) is 2. The zero-order chi connectivity index (χ0) is 19.8. The number of esters is 1. The van der Waals surface area contributed by atoms with Crippen LogP contribution in [0.2, 0.25) is 0 Å². The average molecular weight is 388 g/mol. The highest BCUT2D eigenvalue weighted by Crippen LogP contribution is 2.14. The van der Waals surface area contributed by atoms with E-state index in [0.29, 0.717) is 22.7 Å². The maximum Gasteiger partial charge on any atom is 0.339 e. The van der Waals surface area contributed by atoms with Crippen LogP contribution >= 0.6 is 0 Å². The second kappa shape index (κ2) is 9.63. The van der Waals surface area contributed by atoms with E-state index in [1.807, 2.05) is 6.92 Å². The Labute approximate surface area is 159 Å². The van der Waals surface area contributed by atoms with Crippen molar-refractivity contribution in [3.8, 4) is 0 Å². The van der Waals surface area contributed by atoms with Crippen LogP contribution in [0.3, 0.4) is 0 Å². The first-order valence-electron chi connectivity index (χ1n) is 8.20. The third kappa shape index (κ3) is 5.75. The second-order valence-corrected chi connectivity index (χ2v) is 6.86. The van der Waals surface area contributed by atoms with Gasteiger partial charge in [-0.25, -0.2) is 4.79 Å². The summed E-state index contributed by atoms with van der Waals surface area (Å²) in [6, 6.07) is 12.8. The van der Waals surface area contributed by atoms with Gasteiger partial charge in [0.2, 0.25) is 0 Å². The highest BCUT2D eigenvalue weighted by molar-refractivity contribution is 7.84. The fourth-order valence-corrected chi connectivity index (χ4v) is 3.02. The Morgan fingerprint density at radius 3 is 2.52 bits per heavy atom. The van der Waals surface area contributed by atoms with Gasteiger partial charge in [-0.1, -0.05) is 18.2 Å². The molecule has 0 aliphatic heterocycles. The largest absolute Gasteiger partial charge is 0.452 e. The number of rotatable bonds is 7. The van der Waals surface area contributed by atoms with Crippen LogP contribution in [0.1, 0.15) is 27.6 Å². The van der Waals surface area contributed by atoms with Crippen LogP contribution in [0, 0.1) is 0 Å². The molecule has 2 N–H and O–H groups in total. The fourth-order valence-electron chi connectivity index (χ4n) is 2.29. The van der Waals surface area contributed by atoms with Crippen LogP contribution in [0.25, 0.3) is 0 Å². The Bertz CT molecular complexity index is 882. The summed E-state index contributed by atoms with van der Waals surface area (Å²) < 4.78 is 16.7.